The molecule has 1 saturated heterocycles. The molecule has 0 aromatic heterocycles. The van der Waals surface area contributed by atoms with Crippen LogP contribution in [-0.4, -0.2) is 37.9 Å². The monoisotopic (exact) mass is 511 g/mol. The van der Waals surface area contributed by atoms with E-state index >= 15 is 0 Å². The average molecular weight is 512 g/mol. The topological polar surface area (TPSA) is 46.6 Å². The molecule has 1 unspecified atom stereocenters. The molecule has 5 aliphatic rings. The molecular formula is C34H41NO3. The number of hydrogen-bond acceptors (Lipinski definition) is 4. The molecule has 0 radical (unpaired) electrons. The standard InChI is InChI=1S/C34H41NO3/c1-4-5-6-24-19-29-32-14-13-31(22(2)36)34(32,3)21-30(33(29)27-12-11-26(37)20-28(24)27)23-7-9-25(10-8-23)35-15-17-38-18-16-35/h7-10,20,24,29-32H,6,11-19,21H2,1-3H3/t24?,29-,30+,31+,32-,34+/m0/s1. The van der Waals surface area contributed by atoms with Crippen molar-refractivity contribution >= 4 is 17.3 Å². The maximum Gasteiger partial charge on any atom is 0.156 e. The zero-order chi connectivity index (χ0) is 26.4. The molecule has 4 aliphatic carbocycles. The van der Waals surface area contributed by atoms with Gasteiger partial charge in [-0.15, -0.1) is 11.8 Å². The van der Waals surface area contributed by atoms with Gasteiger partial charge in [0.05, 0.1) is 13.2 Å². The minimum Gasteiger partial charge on any atom is -0.378 e. The highest BCUT2D eigenvalue weighted by Gasteiger charge is 2.58. The summed E-state index contributed by atoms with van der Waals surface area (Å²) >= 11 is 0. The number of carbonyl (C=O) groups is 2. The summed E-state index contributed by atoms with van der Waals surface area (Å²) < 4.78 is 5.56. The Hall–Kier alpha value is -2.64. The Balaban J connectivity index is 1.46. The van der Waals surface area contributed by atoms with Gasteiger partial charge in [-0.25, -0.2) is 0 Å². The van der Waals surface area contributed by atoms with Gasteiger partial charge >= 0.3 is 0 Å². The second kappa shape index (κ2) is 10.2. The molecule has 0 bridgehead atoms. The van der Waals surface area contributed by atoms with Crippen LogP contribution in [0.2, 0.25) is 0 Å². The number of allylic oxidation sites excluding steroid dienone is 4. The molecule has 38 heavy (non-hydrogen) atoms. The zero-order valence-electron chi connectivity index (χ0n) is 23.2. The van der Waals surface area contributed by atoms with E-state index < -0.39 is 0 Å². The van der Waals surface area contributed by atoms with E-state index in [9.17, 15) is 9.59 Å². The molecule has 0 N–H and O–H groups in total. The van der Waals surface area contributed by atoms with E-state index in [2.05, 4.69) is 47.9 Å². The molecule has 6 rings (SSSR count). The van der Waals surface area contributed by atoms with Crippen molar-refractivity contribution in [3.8, 4) is 11.8 Å². The molecule has 1 aromatic rings. The maximum atomic E-state index is 12.9. The first-order valence-electron chi connectivity index (χ1n) is 14.7. The number of carbonyl (C=O) groups excluding carboxylic acids is 2. The molecule has 6 atom stereocenters. The van der Waals surface area contributed by atoms with E-state index in [0.717, 1.165) is 64.8 Å². The molecule has 1 aliphatic heterocycles. The zero-order valence-corrected chi connectivity index (χ0v) is 23.2. The van der Waals surface area contributed by atoms with Crippen LogP contribution in [0.1, 0.15) is 77.2 Å². The highest BCUT2D eigenvalue weighted by atomic mass is 16.5. The quantitative estimate of drug-likeness (QED) is 0.447. The predicted molar refractivity (Wildman–Crippen MR) is 151 cm³/mol. The summed E-state index contributed by atoms with van der Waals surface area (Å²) in [7, 11) is 0. The fraction of sp³-hybridized carbons (Fsp3) is 0.588. The Labute approximate surface area is 227 Å². The highest BCUT2D eigenvalue weighted by molar-refractivity contribution is 5.93. The third-order valence-electron chi connectivity index (χ3n) is 10.6. The van der Waals surface area contributed by atoms with Crippen LogP contribution in [0, 0.1) is 40.9 Å². The molecule has 3 fully saturated rings. The molecule has 4 nitrogen and oxygen atoms in total. The van der Waals surface area contributed by atoms with Crippen molar-refractivity contribution in [1.29, 1.82) is 0 Å². The van der Waals surface area contributed by atoms with Gasteiger partial charge < -0.3 is 9.64 Å². The number of morpholine rings is 1. The van der Waals surface area contributed by atoms with Crippen molar-refractivity contribution in [2.45, 2.75) is 71.6 Å². The third kappa shape index (κ3) is 4.28. The van der Waals surface area contributed by atoms with Crippen molar-refractivity contribution < 1.29 is 14.3 Å². The minimum absolute atomic E-state index is 0.0147. The van der Waals surface area contributed by atoms with Crippen molar-refractivity contribution in [1.82, 2.24) is 0 Å². The second-order valence-corrected chi connectivity index (χ2v) is 12.5. The van der Waals surface area contributed by atoms with E-state index in [0.29, 0.717) is 35.9 Å². The van der Waals surface area contributed by atoms with E-state index in [-0.39, 0.29) is 17.1 Å². The van der Waals surface area contributed by atoms with Crippen molar-refractivity contribution in [2.24, 2.45) is 29.1 Å². The van der Waals surface area contributed by atoms with Crippen LogP contribution in [0.4, 0.5) is 5.69 Å². The van der Waals surface area contributed by atoms with Crippen LogP contribution in [0.15, 0.2) is 47.1 Å². The Morgan fingerprint density at radius 3 is 2.61 bits per heavy atom. The number of fused-ring (bicyclic) bond motifs is 4. The lowest BCUT2D eigenvalue weighted by Gasteiger charge is -2.53. The van der Waals surface area contributed by atoms with Crippen LogP contribution in [0.25, 0.3) is 0 Å². The molecule has 1 aromatic carbocycles. The molecule has 4 heteroatoms. The van der Waals surface area contributed by atoms with Gasteiger partial charge in [0.1, 0.15) is 5.78 Å². The number of hydrogen-bond donors (Lipinski definition) is 0. The fourth-order valence-corrected chi connectivity index (χ4v) is 8.93. The van der Waals surface area contributed by atoms with Gasteiger partial charge in [-0.2, -0.15) is 0 Å². The first-order chi connectivity index (χ1) is 18.4. The van der Waals surface area contributed by atoms with E-state index in [1.807, 2.05) is 19.9 Å². The van der Waals surface area contributed by atoms with E-state index in [1.165, 1.54) is 22.4 Å². The number of anilines is 1. The van der Waals surface area contributed by atoms with Gasteiger partial charge in [-0.05, 0) is 104 Å². The smallest absolute Gasteiger partial charge is 0.156 e. The van der Waals surface area contributed by atoms with Crippen LogP contribution in [-0.2, 0) is 14.3 Å². The number of Topliss-reactive ketones (excluding diaryl/α,β-unsaturated/α-hetero) is 1. The molecule has 0 spiro atoms. The Morgan fingerprint density at radius 1 is 1.13 bits per heavy atom. The fourth-order valence-electron chi connectivity index (χ4n) is 8.93. The second-order valence-electron chi connectivity index (χ2n) is 12.5. The summed E-state index contributed by atoms with van der Waals surface area (Å²) in [5.41, 5.74) is 6.97. The van der Waals surface area contributed by atoms with Gasteiger partial charge in [0, 0.05) is 43.5 Å². The van der Waals surface area contributed by atoms with Crippen LogP contribution >= 0.6 is 0 Å². The summed E-state index contributed by atoms with van der Waals surface area (Å²) in [6.07, 6.45) is 8.48. The normalized spacial score (nSPS) is 34.5. The number of ketones is 2. The maximum absolute atomic E-state index is 12.9. The largest absolute Gasteiger partial charge is 0.378 e. The molecule has 200 valence electrons. The minimum atomic E-state index is 0.0147. The van der Waals surface area contributed by atoms with Crippen molar-refractivity contribution in [2.75, 3.05) is 31.2 Å². The summed E-state index contributed by atoms with van der Waals surface area (Å²) in [5.74, 6) is 8.83. The van der Waals surface area contributed by atoms with Gasteiger partial charge in [0.15, 0.2) is 5.78 Å². The van der Waals surface area contributed by atoms with E-state index in [4.69, 9.17) is 4.74 Å². The van der Waals surface area contributed by atoms with Crippen molar-refractivity contribution in [3.63, 3.8) is 0 Å². The number of rotatable bonds is 4. The summed E-state index contributed by atoms with van der Waals surface area (Å²) in [5, 5.41) is 0. The lowest BCUT2D eigenvalue weighted by molar-refractivity contribution is -0.125. The summed E-state index contributed by atoms with van der Waals surface area (Å²) in [6.45, 7) is 9.58. The van der Waals surface area contributed by atoms with Gasteiger partial charge in [-0.1, -0.05) is 24.6 Å². The molecule has 1 heterocycles. The SMILES string of the molecule is CC#CCC1C[C@@H]2C(=C3CCC(=O)C=C31)[C@@H](c1ccc(N3CCOCC3)cc1)C[C@]1(C)[C@@H](C(C)=O)CC[C@@H]21. The van der Waals surface area contributed by atoms with Gasteiger partial charge in [0.25, 0.3) is 0 Å². The molecule has 2 saturated carbocycles. The Kier molecular flexibility index (Phi) is 6.85. The number of nitrogens with zero attached hydrogens (tertiary/aromatic N) is 1. The Morgan fingerprint density at radius 2 is 1.89 bits per heavy atom. The van der Waals surface area contributed by atoms with Crippen LogP contribution in [0.3, 0.4) is 0 Å². The molecular weight excluding hydrogens is 470 g/mol. The van der Waals surface area contributed by atoms with Gasteiger partial charge in [-0.3, -0.25) is 9.59 Å². The van der Waals surface area contributed by atoms with Gasteiger partial charge in [0.2, 0.25) is 0 Å². The summed E-state index contributed by atoms with van der Waals surface area (Å²) in [4.78, 5) is 27.9. The highest BCUT2D eigenvalue weighted by Crippen LogP contribution is 2.66. The number of benzene rings is 1. The van der Waals surface area contributed by atoms with E-state index in [1.54, 1.807) is 5.57 Å². The molecule has 0 amide bonds. The lowest BCUT2D eigenvalue weighted by Crippen LogP contribution is -2.45. The first kappa shape index (κ1) is 25.6. The summed E-state index contributed by atoms with van der Waals surface area (Å²) in [6, 6.07) is 9.26. The Bertz CT molecular complexity index is 1240. The number of ether oxygens (including phenoxy) is 1. The predicted octanol–water partition coefficient (Wildman–Crippen LogP) is 6.27. The van der Waals surface area contributed by atoms with Crippen molar-refractivity contribution in [3.05, 3.63) is 52.6 Å². The van der Waals surface area contributed by atoms with Crippen LogP contribution in [0.5, 0.6) is 0 Å². The average Bonchev–Trinajstić information content (AvgIpc) is 3.29. The first-order valence-corrected chi connectivity index (χ1v) is 14.7. The lowest BCUT2D eigenvalue weighted by atomic mass is 9.50. The third-order valence-corrected chi connectivity index (χ3v) is 10.6. The van der Waals surface area contributed by atoms with Crippen LogP contribution < -0.4 is 4.90 Å².